The normalized spacial score (nSPS) is 24.1. The Morgan fingerprint density at radius 1 is 1.35 bits per heavy atom. The molecular formula is C15H20F2N2O. The molecule has 3 nitrogen and oxygen atoms in total. The van der Waals surface area contributed by atoms with Gasteiger partial charge >= 0.3 is 0 Å². The number of carbonyl (C=O) groups is 1. The van der Waals surface area contributed by atoms with Crippen LogP contribution in [-0.4, -0.2) is 30.5 Å². The van der Waals surface area contributed by atoms with Gasteiger partial charge in [-0.3, -0.25) is 10.1 Å². The molecule has 1 heterocycles. The van der Waals surface area contributed by atoms with Crippen LogP contribution in [0.1, 0.15) is 31.7 Å². The monoisotopic (exact) mass is 282 g/mol. The molecule has 2 N–H and O–H groups in total. The highest BCUT2D eigenvalue weighted by Crippen LogP contribution is 2.25. The lowest BCUT2D eigenvalue weighted by Gasteiger charge is -2.23. The van der Waals surface area contributed by atoms with Crippen molar-refractivity contribution in [2.24, 2.45) is 0 Å². The molecule has 1 amide bonds. The molecule has 1 aliphatic rings. The third-order valence-electron chi connectivity index (χ3n) is 3.87. The van der Waals surface area contributed by atoms with Crippen molar-refractivity contribution in [3.8, 4) is 0 Å². The lowest BCUT2D eigenvalue weighted by molar-refractivity contribution is -0.124. The number of halogens is 2. The SMILES string of the molecule is CC(NC(=O)C1CC(F)(F)CN1)C(C)c1ccccc1. The van der Waals surface area contributed by atoms with Crippen LogP contribution in [0, 0.1) is 0 Å². The number of carbonyl (C=O) groups excluding carboxylic acids is 1. The molecule has 0 radical (unpaired) electrons. The van der Waals surface area contributed by atoms with Crippen molar-refractivity contribution < 1.29 is 13.6 Å². The molecule has 1 saturated heterocycles. The Morgan fingerprint density at radius 3 is 2.55 bits per heavy atom. The molecule has 5 heteroatoms. The minimum Gasteiger partial charge on any atom is -0.352 e. The zero-order valence-electron chi connectivity index (χ0n) is 11.7. The quantitative estimate of drug-likeness (QED) is 0.889. The van der Waals surface area contributed by atoms with Gasteiger partial charge in [0.1, 0.15) is 0 Å². The highest BCUT2D eigenvalue weighted by molar-refractivity contribution is 5.82. The molecule has 1 aromatic carbocycles. The van der Waals surface area contributed by atoms with E-state index in [4.69, 9.17) is 0 Å². The second-order valence-corrected chi connectivity index (χ2v) is 5.49. The van der Waals surface area contributed by atoms with Gasteiger partial charge in [-0.25, -0.2) is 8.78 Å². The Hall–Kier alpha value is -1.49. The van der Waals surface area contributed by atoms with Crippen LogP contribution in [-0.2, 0) is 4.79 Å². The van der Waals surface area contributed by atoms with E-state index in [-0.39, 0.29) is 17.9 Å². The van der Waals surface area contributed by atoms with Crippen molar-refractivity contribution in [2.45, 2.75) is 44.2 Å². The second-order valence-electron chi connectivity index (χ2n) is 5.49. The van der Waals surface area contributed by atoms with Crippen molar-refractivity contribution >= 4 is 5.91 Å². The first kappa shape index (κ1) is 14.9. The standard InChI is InChI=1S/C15H20F2N2O/c1-10(12-6-4-3-5-7-12)11(2)19-14(20)13-8-15(16,17)9-18-13/h3-7,10-11,13,18H,8-9H2,1-2H3,(H,19,20). The molecule has 110 valence electrons. The maximum atomic E-state index is 13.1. The summed E-state index contributed by atoms with van der Waals surface area (Å²) < 4.78 is 26.1. The van der Waals surface area contributed by atoms with Gasteiger partial charge < -0.3 is 5.32 Å². The van der Waals surface area contributed by atoms with E-state index < -0.39 is 24.9 Å². The zero-order chi connectivity index (χ0) is 14.8. The van der Waals surface area contributed by atoms with E-state index in [9.17, 15) is 13.6 Å². The molecular weight excluding hydrogens is 262 g/mol. The fourth-order valence-electron chi connectivity index (χ4n) is 2.40. The van der Waals surface area contributed by atoms with Crippen LogP contribution in [0.4, 0.5) is 8.78 Å². The van der Waals surface area contributed by atoms with Crippen molar-refractivity contribution in [2.75, 3.05) is 6.54 Å². The Labute approximate surface area is 117 Å². The molecule has 3 unspecified atom stereocenters. The Kier molecular flexibility index (Phi) is 4.38. The van der Waals surface area contributed by atoms with E-state index in [1.54, 1.807) is 0 Å². The maximum Gasteiger partial charge on any atom is 0.262 e. The number of hydrogen-bond donors (Lipinski definition) is 2. The summed E-state index contributed by atoms with van der Waals surface area (Å²) in [6.07, 6.45) is -0.425. The van der Waals surface area contributed by atoms with E-state index in [1.807, 2.05) is 44.2 Å². The molecule has 0 spiro atoms. The summed E-state index contributed by atoms with van der Waals surface area (Å²) in [7, 11) is 0. The van der Waals surface area contributed by atoms with E-state index >= 15 is 0 Å². The molecule has 1 fully saturated rings. The highest BCUT2D eigenvalue weighted by Gasteiger charge is 2.42. The number of benzene rings is 1. The predicted molar refractivity (Wildman–Crippen MR) is 73.8 cm³/mol. The van der Waals surface area contributed by atoms with Gasteiger partial charge in [0.2, 0.25) is 5.91 Å². The molecule has 0 aliphatic carbocycles. The summed E-state index contributed by atoms with van der Waals surface area (Å²) >= 11 is 0. The van der Waals surface area contributed by atoms with Gasteiger partial charge in [0.15, 0.2) is 0 Å². The van der Waals surface area contributed by atoms with Gasteiger partial charge in [-0.1, -0.05) is 37.3 Å². The fourth-order valence-corrected chi connectivity index (χ4v) is 2.40. The van der Waals surface area contributed by atoms with E-state index in [0.717, 1.165) is 5.56 Å². The average Bonchev–Trinajstić information content (AvgIpc) is 2.79. The van der Waals surface area contributed by atoms with Crippen LogP contribution in [0.3, 0.4) is 0 Å². The summed E-state index contributed by atoms with van der Waals surface area (Å²) in [4.78, 5) is 12.0. The van der Waals surface area contributed by atoms with Crippen LogP contribution < -0.4 is 10.6 Å². The van der Waals surface area contributed by atoms with Crippen molar-refractivity contribution in [1.82, 2.24) is 10.6 Å². The first-order valence-corrected chi connectivity index (χ1v) is 6.85. The van der Waals surface area contributed by atoms with Gasteiger partial charge in [0, 0.05) is 18.4 Å². The van der Waals surface area contributed by atoms with Crippen LogP contribution in [0.25, 0.3) is 0 Å². The molecule has 0 aromatic heterocycles. The third-order valence-corrected chi connectivity index (χ3v) is 3.87. The number of alkyl halides is 2. The molecule has 1 aromatic rings. The lowest BCUT2D eigenvalue weighted by atomic mass is 9.94. The molecule has 3 atom stereocenters. The zero-order valence-corrected chi connectivity index (χ0v) is 11.7. The van der Waals surface area contributed by atoms with Crippen LogP contribution in [0.2, 0.25) is 0 Å². The average molecular weight is 282 g/mol. The number of nitrogens with one attached hydrogen (secondary N) is 2. The first-order valence-electron chi connectivity index (χ1n) is 6.85. The smallest absolute Gasteiger partial charge is 0.262 e. The maximum absolute atomic E-state index is 13.1. The highest BCUT2D eigenvalue weighted by atomic mass is 19.3. The first-order chi connectivity index (χ1) is 9.39. The molecule has 0 saturated carbocycles. The second kappa shape index (κ2) is 5.87. The Morgan fingerprint density at radius 2 is 2.00 bits per heavy atom. The van der Waals surface area contributed by atoms with Gasteiger partial charge in [0.25, 0.3) is 5.92 Å². The van der Waals surface area contributed by atoms with E-state index in [0.29, 0.717) is 0 Å². The van der Waals surface area contributed by atoms with Crippen molar-refractivity contribution in [3.05, 3.63) is 35.9 Å². The van der Waals surface area contributed by atoms with Crippen molar-refractivity contribution in [1.29, 1.82) is 0 Å². The van der Waals surface area contributed by atoms with Gasteiger partial charge in [-0.05, 0) is 12.5 Å². The Balaban J connectivity index is 1.91. The van der Waals surface area contributed by atoms with Crippen LogP contribution >= 0.6 is 0 Å². The number of hydrogen-bond acceptors (Lipinski definition) is 2. The fraction of sp³-hybridized carbons (Fsp3) is 0.533. The van der Waals surface area contributed by atoms with Crippen LogP contribution in [0.15, 0.2) is 30.3 Å². The van der Waals surface area contributed by atoms with E-state index in [1.165, 1.54) is 0 Å². The van der Waals surface area contributed by atoms with Crippen molar-refractivity contribution in [3.63, 3.8) is 0 Å². The van der Waals surface area contributed by atoms with E-state index in [2.05, 4.69) is 10.6 Å². The summed E-state index contributed by atoms with van der Waals surface area (Å²) in [5.41, 5.74) is 1.12. The number of rotatable bonds is 4. The molecule has 1 aliphatic heterocycles. The van der Waals surface area contributed by atoms with Crippen LogP contribution in [0.5, 0.6) is 0 Å². The van der Waals surface area contributed by atoms with Gasteiger partial charge in [0.05, 0.1) is 12.6 Å². The summed E-state index contributed by atoms with van der Waals surface area (Å²) in [6, 6.07) is 8.91. The lowest BCUT2D eigenvalue weighted by Crippen LogP contribution is -2.45. The minimum atomic E-state index is -2.78. The molecule has 2 rings (SSSR count). The predicted octanol–water partition coefficient (Wildman–Crippen LogP) is 2.29. The molecule has 0 bridgehead atoms. The molecule has 20 heavy (non-hydrogen) atoms. The Bertz CT molecular complexity index is 464. The summed E-state index contributed by atoms with van der Waals surface area (Å²) in [5, 5.41) is 5.39. The minimum absolute atomic E-state index is 0.110. The van der Waals surface area contributed by atoms with Gasteiger partial charge in [-0.15, -0.1) is 0 Å². The number of amides is 1. The third kappa shape index (κ3) is 3.54. The largest absolute Gasteiger partial charge is 0.352 e. The van der Waals surface area contributed by atoms with Gasteiger partial charge in [-0.2, -0.15) is 0 Å². The summed E-state index contributed by atoms with van der Waals surface area (Å²) in [6.45, 7) is 3.48. The topological polar surface area (TPSA) is 41.1 Å². The summed E-state index contributed by atoms with van der Waals surface area (Å²) in [5.74, 6) is -3.00.